The normalized spacial score (nSPS) is 24.4. The van der Waals surface area contributed by atoms with Crippen LogP contribution in [0.25, 0.3) is 0 Å². The predicted octanol–water partition coefficient (Wildman–Crippen LogP) is 3.33. The highest BCUT2D eigenvalue weighted by Gasteiger charge is 2.21. The first kappa shape index (κ1) is 14.8. The topological polar surface area (TPSA) is 21.7 Å². The highest BCUT2D eigenvalue weighted by molar-refractivity contribution is 9.10. The van der Waals surface area contributed by atoms with E-state index in [0.29, 0.717) is 12.2 Å². The number of hydrogen-bond donors (Lipinski definition) is 0. The van der Waals surface area contributed by atoms with Crippen LogP contribution >= 0.6 is 15.9 Å². The van der Waals surface area contributed by atoms with E-state index in [-0.39, 0.29) is 0 Å². The van der Waals surface area contributed by atoms with Gasteiger partial charge in [-0.15, -0.1) is 0 Å². The second kappa shape index (κ2) is 7.27. The molecule has 106 valence electrons. The van der Waals surface area contributed by atoms with Crippen LogP contribution in [-0.2, 0) is 4.74 Å². The van der Waals surface area contributed by atoms with E-state index in [1.165, 1.54) is 0 Å². The summed E-state index contributed by atoms with van der Waals surface area (Å²) in [4.78, 5) is 2.46. The van der Waals surface area contributed by atoms with Crippen molar-refractivity contribution in [2.45, 2.75) is 32.5 Å². The summed E-state index contributed by atoms with van der Waals surface area (Å²) in [5.74, 6) is 0.922. The van der Waals surface area contributed by atoms with Gasteiger partial charge in [0.25, 0.3) is 0 Å². The molecule has 4 heteroatoms. The molecule has 19 heavy (non-hydrogen) atoms. The minimum Gasteiger partial charge on any atom is -0.492 e. The summed E-state index contributed by atoms with van der Waals surface area (Å²) in [6.45, 7) is 8.16. The van der Waals surface area contributed by atoms with E-state index in [1.807, 2.05) is 24.3 Å². The molecule has 2 rings (SSSR count). The van der Waals surface area contributed by atoms with Crippen molar-refractivity contribution >= 4 is 15.9 Å². The Balaban J connectivity index is 1.68. The number of para-hydroxylation sites is 1. The molecule has 0 radical (unpaired) electrons. The second-order valence-electron chi connectivity index (χ2n) is 5.15. The number of hydrogen-bond acceptors (Lipinski definition) is 3. The van der Waals surface area contributed by atoms with E-state index >= 15 is 0 Å². The smallest absolute Gasteiger partial charge is 0.133 e. The summed E-state index contributed by atoms with van der Waals surface area (Å²) >= 11 is 3.49. The Morgan fingerprint density at radius 3 is 2.63 bits per heavy atom. The van der Waals surface area contributed by atoms with Crippen molar-refractivity contribution in [1.29, 1.82) is 0 Å². The standard InChI is InChI=1S/C15H22BrNO2/c1-12-10-17(11-13(2)19-12)8-5-9-18-15-7-4-3-6-14(15)16/h3-4,6-7,12-13H,5,8-11H2,1-2H3/t12-,13-/m0/s1. The van der Waals surface area contributed by atoms with Gasteiger partial charge in [0.1, 0.15) is 5.75 Å². The third-order valence-electron chi connectivity index (χ3n) is 3.21. The van der Waals surface area contributed by atoms with Gasteiger partial charge in [-0.2, -0.15) is 0 Å². The molecule has 0 bridgehead atoms. The monoisotopic (exact) mass is 327 g/mol. The second-order valence-corrected chi connectivity index (χ2v) is 6.00. The van der Waals surface area contributed by atoms with Crippen molar-refractivity contribution in [2.75, 3.05) is 26.2 Å². The highest BCUT2D eigenvalue weighted by atomic mass is 79.9. The molecule has 0 amide bonds. The molecule has 1 fully saturated rings. The zero-order valence-electron chi connectivity index (χ0n) is 11.6. The lowest BCUT2D eigenvalue weighted by Crippen LogP contribution is -2.45. The largest absolute Gasteiger partial charge is 0.492 e. The molecular weight excluding hydrogens is 306 g/mol. The average molecular weight is 328 g/mol. The third kappa shape index (κ3) is 4.79. The first-order valence-corrected chi connectivity index (χ1v) is 7.69. The van der Waals surface area contributed by atoms with Gasteiger partial charge >= 0.3 is 0 Å². The predicted molar refractivity (Wildman–Crippen MR) is 80.7 cm³/mol. The molecule has 0 saturated carbocycles. The van der Waals surface area contributed by atoms with Crippen molar-refractivity contribution in [1.82, 2.24) is 4.90 Å². The molecule has 0 aliphatic carbocycles. The molecule has 0 unspecified atom stereocenters. The zero-order chi connectivity index (χ0) is 13.7. The van der Waals surface area contributed by atoms with Gasteiger partial charge in [0.05, 0.1) is 23.3 Å². The van der Waals surface area contributed by atoms with Crippen molar-refractivity contribution in [3.05, 3.63) is 28.7 Å². The van der Waals surface area contributed by atoms with Crippen molar-refractivity contribution in [3.63, 3.8) is 0 Å². The molecular formula is C15H22BrNO2. The maximum Gasteiger partial charge on any atom is 0.133 e. The van der Waals surface area contributed by atoms with Gasteiger partial charge in [0.2, 0.25) is 0 Å². The number of nitrogens with zero attached hydrogens (tertiary/aromatic N) is 1. The molecule has 0 aromatic heterocycles. The summed E-state index contributed by atoms with van der Waals surface area (Å²) in [6, 6.07) is 7.97. The Morgan fingerprint density at radius 1 is 1.26 bits per heavy atom. The van der Waals surface area contributed by atoms with Crippen LogP contribution in [0.4, 0.5) is 0 Å². The molecule has 3 nitrogen and oxygen atoms in total. The molecule has 1 saturated heterocycles. The fraction of sp³-hybridized carbons (Fsp3) is 0.600. The lowest BCUT2D eigenvalue weighted by atomic mass is 10.2. The minimum absolute atomic E-state index is 0.341. The van der Waals surface area contributed by atoms with Crippen LogP contribution in [0.15, 0.2) is 28.7 Å². The van der Waals surface area contributed by atoms with Crippen molar-refractivity contribution in [3.8, 4) is 5.75 Å². The van der Waals surface area contributed by atoms with Gasteiger partial charge in [-0.25, -0.2) is 0 Å². The minimum atomic E-state index is 0.341. The molecule has 0 N–H and O–H groups in total. The van der Waals surface area contributed by atoms with Gasteiger partial charge in [-0.05, 0) is 48.3 Å². The summed E-state index contributed by atoms with van der Waals surface area (Å²) < 4.78 is 12.5. The van der Waals surface area contributed by atoms with Gasteiger partial charge in [0.15, 0.2) is 0 Å². The van der Waals surface area contributed by atoms with E-state index in [2.05, 4.69) is 34.7 Å². The third-order valence-corrected chi connectivity index (χ3v) is 3.86. The summed E-state index contributed by atoms with van der Waals surface area (Å²) in [5, 5.41) is 0. The number of ether oxygens (including phenoxy) is 2. The molecule has 1 aliphatic rings. The summed E-state index contributed by atoms with van der Waals surface area (Å²) in [6.07, 6.45) is 1.72. The van der Waals surface area contributed by atoms with Crippen LogP contribution in [0.2, 0.25) is 0 Å². The molecule has 0 spiro atoms. The first-order valence-electron chi connectivity index (χ1n) is 6.90. The quantitative estimate of drug-likeness (QED) is 0.774. The molecule has 2 atom stereocenters. The van der Waals surface area contributed by atoms with Crippen LogP contribution in [0, 0.1) is 0 Å². The SMILES string of the molecule is C[C@H]1CN(CCCOc2ccccc2Br)C[C@H](C)O1. The molecule has 1 heterocycles. The lowest BCUT2D eigenvalue weighted by Gasteiger charge is -2.35. The van der Waals surface area contributed by atoms with Crippen LogP contribution < -0.4 is 4.74 Å². The van der Waals surface area contributed by atoms with E-state index in [0.717, 1.165) is 42.9 Å². The van der Waals surface area contributed by atoms with Gasteiger partial charge in [-0.1, -0.05) is 12.1 Å². The summed E-state index contributed by atoms with van der Waals surface area (Å²) in [5.41, 5.74) is 0. The average Bonchev–Trinajstić information content (AvgIpc) is 2.35. The van der Waals surface area contributed by atoms with Crippen LogP contribution in [-0.4, -0.2) is 43.3 Å². The summed E-state index contributed by atoms with van der Waals surface area (Å²) in [7, 11) is 0. The molecule has 1 aromatic carbocycles. The fourth-order valence-corrected chi connectivity index (χ4v) is 2.90. The Hall–Kier alpha value is -0.580. The molecule has 1 aromatic rings. The van der Waals surface area contributed by atoms with E-state index in [4.69, 9.17) is 9.47 Å². The number of morpholine rings is 1. The van der Waals surface area contributed by atoms with Crippen LogP contribution in [0.5, 0.6) is 5.75 Å². The van der Waals surface area contributed by atoms with Gasteiger partial charge in [-0.3, -0.25) is 4.90 Å². The van der Waals surface area contributed by atoms with Gasteiger partial charge < -0.3 is 9.47 Å². The fourth-order valence-electron chi connectivity index (χ4n) is 2.50. The Kier molecular flexibility index (Phi) is 5.67. The van der Waals surface area contributed by atoms with Gasteiger partial charge in [0, 0.05) is 19.6 Å². The van der Waals surface area contributed by atoms with E-state index in [1.54, 1.807) is 0 Å². The van der Waals surface area contributed by atoms with Crippen molar-refractivity contribution in [2.24, 2.45) is 0 Å². The van der Waals surface area contributed by atoms with Crippen molar-refractivity contribution < 1.29 is 9.47 Å². The first-order chi connectivity index (χ1) is 9.15. The number of rotatable bonds is 5. The maximum absolute atomic E-state index is 5.78. The lowest BCUT2D eigenvalue weighted by molar-refractivity contribution is -0.0686. The highest BCUT2D eigenvalue weighted by Crippen LogP contribution is 2.23. The zero-order valence-corrected chi connectivity index (χ0v) is 13.2. The maximum atomic E-state index is 5.78. The van der Waals surface area contributed by atoms with E-state index in [9.17, 15) is 0 Å². The Bertz CT molecular complexity index is 389. The van der Waals surface area contributed by atoms with E-state index < -0.39 is 0 Å². The Morgan fingerprint density at radius 2 is 1.95 bits per heavy atom. The Labute approximate surface area is 124 Å². The van der Waals surface area contributed by atoms with Crippen LogP contribution in [0.1, 0.15) is 20.3 Å². The van der Waals surface area contributed by atoms with Crippen LogP contribution in [0.3, 0.4) is 0 Å². The molecule has 1 aliphatic heterocycles. The number of benzene rings is 1. The number of halogens is 1.